The fourth-order valence-electron chi connectivity index (χ4n) is 8.31. The van der Waals surface area contributed by atoms with Gasteiger partial charge in [0.2, 0.25) is 0 Å². The van der Waals surface area contributed by atoms with E-state index in [4.69, 9.17) is 4.74 Å². The van der Waals surface area contributed by atoms with Crippen LogP contribution in [-0.4, -0.2) is 12.1 Å². The summed E-state index contributed by atoms with van der Waals surface area (Å²) in [7, 11) is 0. The lowest BCUT2D eigenvalue weighted by molar-refractivity contribution is -0.176. The number of hydrogen-bond donors (Lipinski definition) is 0. The Kier molecular flexibility index (Phi) is 7.05. The average molecular weight is 440 g/mol. The van der Waals surface area contributed by atoms with Crippen molar-refractivity contribution in [2.45, 2.75) is 105 Å². The summed E-state index contributed by atoms with van der Waals surface area (Å²) in [6.07, 6.45) is 8.71. The number of rotatable bonds is 3. The van der Waals surface area contributed by atoms with Crippen LogP contribution in [0.5, 0.6) is 0 Å². The molecular weight excluding hydrogens is 394 g/mol. The normalized spacial score (nSPS) is 44.8. The zero-order valence-electron chi connectivity index (χ0n) is 21.4. The van der Waals surface area contributed by atoms with Crippen molar-refractivity contribution in [3.05, 3.63) is 24.3 Å². The van der Waals surface area contributed by atoms with E-state index in [9.17, 15) is 10.1 Å². The van der Waals surface area contributed by atoms with Crippen LogP contribution >= 0.6 is 0 Å². The SMILES string of the molecule is C=C1CCC2(C)C3CCC4(C)C(OC(=O)CC)CCC4C3[C@@H](CC2(C)CC#N)C1=C.CC. The summed E-state index contributed by atoms with van der Waals surface area (Å²) in [6.45, 7) is 22.1. The number of fused-ring (bicyclic) bond motifs is 5. The molecule has 0 aromatic heterocycles. The number of nitriles is 1. The van der Waals surface area contributed by atoms with Crippen molar-refractivity contribution in [1.82, 2.24) is 0 Å². The number of ether oxygens (including phenoxy) is 1. The zero-order valence-corrected chi connectivity index (χ0v) is 21.4. The van der Waals surface area contributed by atoms with Crippen LogP contribution in [0.25, 0.3) is 0 Å². The molecule has 0 aromatic carbocycles. The molecule has 3 nitrogen and oxygen atoms in total. The molecule has 5 rings (SSSR count). The lowest BCUT2D eigenvalue weighted by atomic mass is 9.38. The Morgan fingerprint density at radius 1 is 1.12 bits per heavy atom. The molecule has 32 heavy (non-hydrogen) atoms. The lowest BCUT2D eigenvalue weighted by Crippen LogP contribution is -2.60. The maximum absolute atomic E-state index is 12.1. The Morgan fingerprint density at radius 2 is 1.81 bits per heavy atom. The van der Waals surface area contributed by atoms with Crippen LogP contribution in [0.2, 0.25) is 0 Å². The first kappa shape index (κ1) is 25.1. The molecule has 0 N–H and O–H groups in total. The molecule has 3 heteroatoms. The second kappa shape index (κ2) is 9.00. The van der Waals surface area contributed by atoms with E-state index in [-0.39, 0.29) is 28.3 Å². The van der Waals surface area contributed by atoms with Gasteiger partial charge in [-0.2, -0.15) is 5.26 Å². The highest BCUT2D eigenvalue weighted by Gasteiger charge is 2.66. The van der Waals surface area contributed by atoms with Crippen LogP contribution in [0.3, 0.4) is 0 Å². The molecule has 0 heterocycles. The predicted molar refractivity (Wildman–Crippen MR) is 131 cm³/mol. The number of allylic oxidation sites excluding steroid dienone is 2. The number of esters is 1. The highest BCUT2D eigenvalue weighted by atomic mass is 16.5. The molecular formula is C29H45NO2. The number of hydrogen-bond acceptors (Lipinski definition) is 3. The van der Waals surface area contributed by atoms with E-state index in [1.165, 1.54) is 17.6 Å². The first-order chi connectivity index (χ1) is 15.1. The fourth-order valence-corrected chi connectivity index (χ4v) is 8.31. The van der Waals surface area contributed by atoms with E-state index in [1.807, 2.05) is 20.8 Å². The number of carbonyl (C=O) groups excluding carboxylic acids is 1. The fraction of sp³-hybridized carbons (Fsp3) is 0.793. The molecule has 0 aromatic rings. The Bertz CT molecular complexity index is 808. The smallest absolute Gasteiger partial charge is 0.305 e. The van der Waals surface area contributed by atoms with E-state index in [1.54, 1.807) is 0 Å². The second-order valence-electron chi connectivity index (χ2n) is 11.5. The molecule has 0 amide bonds. The largest absolute Gasteiger partial charge is 0.462 e. The first-order valence-electron chi connectivity index (χ1n) is 13.0. The van der Waals surface area contributed by atoms with Crippen molar-refractivity contribution in [2.24, 2.45) is 39.9 Å². The molecule has 0 spiro atoms. The molecule has 0 radical (unpaired) electrons. The van der Waals surface area contributed by atoms with Gasteiger partial charge in [0.1, 0.15) is 6.10 Å². The van der Waals surface area contributed by atoms with E-state index >= 15 is 0 Å². The molecule has 0 saturated heterocycles. The molecule has 178 valence electrons. The third-order valence-electron chi connectivity index (χ3n) is 10.5. The van der Waals surface area contributed by atoms with Crippen LogP contribution in [0.4, 0.5) is 0 Å². The molecule has 5 aliphatic carbocycles. The third-order valence-corrected chi connectivity index (χ3v) is 10.5. The van der Waals surface area contributed by atoms with Gasteiger partial charge in [0.05, 0.1) is 6.07 Å². The molecule has 7 unspecified atom stereocenters. The van der Waals surface area contributed by atoms with E-state index < -0.39 is 0 Å². The van der Waals surface area contributed by atoms with Gasteiger partial charge in [-0.25, -0.2) is 0 Å². The Balaban J connectivity index is 0.00000141. The number of nitrogens with zero attached hydrogens (tertiary/aromatic N) is 1. The molecule has 5 aliphatic rings. The van der Waals surface area contributed by atoms with Crippen LogP contribution in [0, 0.1) is 51.2 Å². The van der Waals surface area contributed by atoms with Crippen LogP contribution in [0.1, 0.15) is 99.3 Å². The van der Waals surface area contributed by atoms with E-state index in [0.717, 1.165) is 38.5 Å². The summed E-state index contributed by atoms with van der Waals surface area (Å²) < 4.78 is 5.98. The van der Waals surface area contributed by atoms with Gasteiger partial charge >= 0.3 is 5.97 Å². The summed E-state index contributed by atoms with van der Waals surface area (Å²) >= 11 is 0. The van der Waals surface area contributed by atoms with Crippen molar-refractivity contribution in [2.75, 3.05) is 0 Å². The summed E-state index contributed by atoms with van der Waals surface area (Å²) in [5.41, 5.74) is 2.71. The Morgan fingerprint density at radius 3 is 2.44 bits per heavy atom. The minimum Gasteiger partial charge on any atom is -0.462 e. The van der Waals surface area contributed by atoms with E-state index in [0.29, 0.717) is 36.5 Å². The maximum atomic E-state index is 12.1. The zero-order chi connectivity index (χ0) is 23.9. The van der Waals surface area contributed by atoms with E-state index in [2.05, 4.69) is 40.0 Å². The van der Waals surface area contributed by atoms with Crippen molar-refractivity contribution in [1.29, 1.82) is 5.26 Å². The molecule has 2 bridgehead atoms. The van der Waals surface area contributed by atoms with Crippen molar-refractivity contribution in [3.63, 3.8) is 0 Å². The van der Waals surface area contributed by atoms with Gasteiger partial charge in [-0.1, -0.05) is 60.3 Å². The standard InChI is InChI=1S/C27H39NO2.C2H6/c1-7-23(29)30-22-9-8-20-24-19-16-25(4,14-15-28)27(6,13-10-17(2)18(19)3)21(24)11-12-26(20,22)5;1-2/h19-22,24H,2-3,7-14,16H2,1,4-6H3;1-2H3/t19-,20?,21?,22?,24?,25?,26?,27?;/m0./s1. The van der Waals surface area contributed by atoms with Gasteiger partial charge in [0, 0.05) is 18.3 Å². The monoisotopic (exact) mass is 439 g/mol. The summed E-state index contributed by atoms with van der Waals surface area (Å²) in [4.78, 5) is 12.1. The Hall–Kier alpha value is -1.56. The van der Waals surface area contributed by atoms with Gasteiger partial charge in [0.15, 0.2) is 0 Å². The molecule has 5 fully saturated rings. The van der Waals surface area contributed by atoms with Crippen LogP contribution < -0.4 is 0 Å². The quantitative estimate of drug-likeness (QED) is 0.425. The third kappa shape index (κ3) is 3.57. The molecule has 0 aliphatic heterocycles. The minimum atomic E-state index is -0.0606. The first-order valence-corrected chi connectivity index (χ1v) is 13.0. The maximum Gasteiger partial charge on any atom is 0.305 e. The summed E-state index contributed by atoms with van der Waals surface area (Å²) in [5, 5.41) is 9.70. The van der Waals surface area contributed by atoms with Gasteiger partial charge in [-0.05, 0) is 85.0 Å². The predicted octanol–water partition coefficient (Wildman–Crippen LogP) is 7.63. The Labute approximate surface area is 196 Å². The van der Waals surface area contributed by atoms with Gasteiger partial charge in [0.25, 0.3) is 0 Å². The van der Waals surface area contributed by atoms with Crippen LogP contribution in [-0.2, 0) is 9.53 Å². The highest BCUT2D eigenvalue weighted by molar-refractivity contribution is 5.69. The molecule has 8 atom stereocenters. The van der Waals surface area contributed by atoms with Crippen LogP contribution in [0.15, 0.2) is 24.3 Å². The second-order valence-corrected chi connectivity index (χ2v) is 11.5. The average Bonchev–Trinajstić information content (AvgIpc) is 3.11. The van der Waals surface area contributed by atoms with Crippen molar-refractivity contribution in [3.8, 4) is 6.07 Å². The number of carbonyl (C=O) groups is 1. The topological polar surface area (TPSA) is 50.1 Å². The van der Waals surface area contributed by atoms with Gasteiger partial charge in [-0.3, -0.25) is 4.79 Å². The summed E-state index contributed by atoms with van der Waals surface area (Å²) in [6, 6.07) is 2.54. The van der Waals surface area contributed by atoms with Gasteiger partial charge < -0.3 is 4.74 Å². The molecule has 5 saturated carbocycles. The minimum absolute atomic E-state index is 0.0254. The van der Waals surface area contributed by atoms with Crippen molar-refractivity contribution >= 4 is 5.97 Å². The van der Waals surface area contributed by atoms with Crippen molar-refractivity contribution < 1.29 is 9.53 Å². The lowest BCUT2D eigenvalue weighted by Gasteiger charge is -2.66. The summed E-state index contributed by atoms with van der Waals surface area (Å²) in [5.74, 6) is 2.08. The highest BCUT2D eigenvalue weighted by Crippen LogP contribution is 2.72. The van der Waals surface area contributed by atoms with Gasteiger partial charge in [-0.15, -0.1) is 0 Å².